The smallest absolute Gasteiger partial charge is 0.264 e. The third kappa shape index (κ3) is 6.19. The maximum absolute atomic E-state index is 13.5. The van der Waals surface area contributed by atoms with Gasteiger partial charge in [-0.25, -0.2) is 13.8 Å². The number of rotatable bonds is 10. The van der Waals surface area contributed by atoms with E-state index in [1.165, 1.54) is 25.5 Å². The number of carbonyl (C=O) groups excluding carboxylic acids is 1. The largest absolute Gasteiger partial charge is 0.495 e. The van der Waals surface area contributed by atoms with Gasteiger partial charge in [-0.1, -0.05) is 60.7 Å². The summed E-state index contributed by atoms with van der Waals surface area (Å²) in [6, 6.07) is 32.2. The maximum Gasteiger partial charge on any atom is 0.264 e. The number of benzene rings is 4. The minimum Gasteiger partial charge on any atom is -0.495 e. The minimum absolute atomic E-state index is 0.0581. The highest BCUT2D eigenvalue weighted by atomic mass is 32.2. The maximum atomic E-state index is 13.5. The molecule has 0 aliphatic heterocycles. The number of nitrogens with one attached hydrogen (secondary N) is 1. The number of ether oxygens (including phenoxy) is 1. The number of hydrazone groups is 1. The third-order valence-corrected chi connectivity index (χ3v) is 7.57. The molecule has 0 aromatic heterocycles. The highest BCUT2D eigenvalue weighted by Gasteiger charge is 2.29. The van der Waals surface area contributed by atoms with E-state index in [9.17, 15) is 13.2 Å². The second-order valence-corrected chi connectivity index (χ2v) is 10.1. The molecule has 0 radical (unpaired) electrons. The second-order valence-electron chi connectivity index (χ2n) is 8.28. The highest BCUT2D eigenvalue weighted by Crippen LogP contribution is 2.32. The fourth-order valence-electron chi connectivity index (χ4n) is 3.78. The lowest BCUT2D eigenvalue weighted by molar-refractivity contribution is -0.119. The van der Waals surface area contributed by atoms with Gasteiger partial charge in [0, 0.05) is 18.4 Å². The molecule has 9 heteroatoms. The van der Waals surface area contributed by atoms with Crippen molar-refractivity contribution in [1.29, 1.82) is 0 Å². The van der Waals surface area contributed by atoms with E-state index in [0.717, 1.165) is 21.2 Å². The standard InChI is InChI=1S/C29H28N4O4S/c1-32(24-11-5-3-6-12-24)25-19-17-23(18-20-25)21-30-31-29(34)22-33(27-15-9-10-16-28(27)37-2)38(35,36)26-13-7-4-8-14-26/h3-21H,22H2,1-2H3,(H,31,34)/b30-21-. The summed E-state index contributed by atoms with van der Waals surface area (Å²) in [6.07, 6.45) is 1.50. The van der Waals surface area contributed by atoms with Gasteiger partial charge in [0.15, 0.2) is 0 Å². The fraction of sp³-hybridized carbons (Fsp3) is 0.103. The Morgan fingerprint density at radius 2 is 1.42 bits per heavy atom. The summed E-state index contributed by atoms with van der Waals surface area (Å²) in [5.74, 6) is -0.282. The zero-order chi connectivity index (χ0) is 27.0. The minimum atomic E-state index is -4.06. The Hall–Kier alpha value is -4.63. The van der Waals surface area contributed by atoms with Gasteiger partial charge in [0.1, 0.15) is 12.3 Å². The van der Waals surface area contributed by atoms with Crippen molar-refractivity contribution in [2.24, 2.45) is 5.10 Å². The van der Waals surface area contributed by atoms with Crippen molar-refractivity contribution in [3.63, 3.8) is 0 Å². The molecule has 4 aromatic rings. The van der Waals surface area contributed by atoms with Gasteiger partial charge >= 0.3 is 0 Å². The molecule has 0 unspecified atom stereocenters. The molecule has 8 nitrogen and oxygen atoms in total. The average Bonchev–Trinajstić information content (AvgIpc) is 2.96. The van der Waals surface area contributed by atoms with Crippen LogP contribution in [0.4, 0.5) is 17.1 Å². The molecule has 1 N–H and O–H groups in total. The van der Waals surface area contributed by atoms with Crippen LogP contribution < -0.4 is 19.4 Å². The number of sulfonamides is 1. The van der Waals surface area contributed by atoms with E-state index in [-0.39, 0.29) is 10.6 Å². The van der Waals surface area contributed by atoms with Crippen LogP contribution in [0.1, 0.15) is 5.56 Å². The van der Waals surface area contributed by atoms with Crippen LogP contribution in [0.2, 0.25) is 0 Å². The molecule has 0 aliphatic rings. The zero-order valence-electron chi connectivity index (χ0n) is 21.1. The number of anilines is 3. The molecule has 4 rings (SSSR count). The zero-order valence-corrected chi connectivity index (χ0v) is 21.9. The lowest BCUT2D eigenvalue weighted by atomic mass is 10.2. The van der Waals surface area contributed by atoms with Crippen LogP contribution in [-0.2, 0) is 14.8 Å². The van der Waals surface area contributed by atoms with Gasteiger partial charge in [0.05, 0.1) is 23.9 Å². The van der Waals surface area contributed by atoms with Crippen LogP contribution in [0.3, 0.4) is 0 Å². The van der Waals surface area contributed by atoms with Crippen molar-refractivity contribution in [3.05, 3.63) is 115 Å². The lowest BCUT2D eigenvalue weighted by Gasteiger charge is -2.25. The van der Waals surface area contributed by atoms with Gasteiger partial charge in [0.2, 0.25) is 0 Å². The summed E-state index contributed by atoms with van der Waals surface area (Å²) in [5, 5.41) is 4.03. The Morgan fingerprint density at radius 1 is 0.842 bits per heavy atom. The molecule has 194 valence electrons. The third-order valence-electron chi connectivity index (χ3n) is 5.80. The first-order valence-corrected chi connectivity index (χ1v) is 13.3. The number of amides is 1. The molecule has 0 fully saturated rings. The Labute approximate surface area is 222 Å². The summed E-state index contributed by atoms with van der Waals surface area (Å²) < 4.78 is 33.3. The topological polar surface area (TPSA) is 91.3 Å². The average molecular weight is 529 g/mol. The van der Waals surface area contributed by atoms with Gasteiger partial charge in [-0.15, -0.1) is 0 Å². The van der Waals surface area contributed by atoms with Crippen molar-refractivity contribution in [2.75, 3.05) is 29.9 Å². The van der Waals surface area contributed by atoms with Gasteiger partial charge in [-0.2, -0.15) is 5.10 Å². The summed E-state index contributed by atoms with van der Waals surface area (Å²) >= 11 is 0. The molecular formula is C29H28N4O4S. The van der Waals surface area contributed by atoms with Crippen molar-refractivity contribution < 1.29 is 17.9 Å². The summed E-state index contributed by atoms with van der Waals surface area (Å²) in [7, 11) is -0.633. The van der Waals surface area contributed by atoms with E-state index in [4.69, 9.17) is 4.74 Å². The lowest BCUT2D eigenvalue weighted by Crippen LogP contribution is -2.39. The molecule has 1 amide bonds. The van der Waals surface area contributed by atoms with Crippen LogP contribution in [0, 0.1) is 0 Å². The molecule has 0 bridgehead atoms. The molecule has 4 aromatic carbocycles. The van der Waals surface area contributed by atoms with Gasteiger partial charge < -0.3 is 9.64 Å². The Bertz CT molecular complexity index is 1490. The van der Waals surface area contributed by atoms with Gasteiger partial charge in [-0.3, -0.25) is 9.10 Å². The van der Waals surface area contributed by atoms with Crippen molar-refractivity contribution in [1.82, 2.24) is 5.43 Å². The molecule has 0 saturated carbocycles. The molecular weight excluding hydrogens is 500 g/mol. The molecule has 38 heavy (non-hydrogen) atoms. The number of hydrogen-bond acceptors (Lipinski definition) is 6. The Morgan fingerprint density at radius 3 is 2.08 bits per heavy atom. The fourth-order valence-corrected chi connectivity index (χ4v) is 5.24. The Balaban J connectivity index is 1.48. The van der Waals surface area contributed by atoms with Gasteiger partial charge in [0.25, 0.3) is 15.9 Å². The van der Waals surface area contributed by atoms with Crippen molar-refractivity contribution in [3.8, 4) is 5.75 Å². The summed E-state index contributed by atoms with van der Waals surface area (Å²) in [4.78, 5) is 14.9. The molecule has 0 spiro atoms. The normalized spacial score (nSPS) is 11.2. The van der Waals surface area contributed by atoms with E-state index in [1.807, 2.05) is 61.6 Å². The molecule has 0 atom stereocenters. The SMILES string of the molecule is COc1ccccc1N(CC(=O)N/N=C\c1ccc(N(C)c2ccccc2)cc1)S(=O)(=O)c1ccccc1. The number of hydrogen-bond donors (Lipinski definition) is 1. The number of para-hydroxylation sites is 3. The summed E-state index contributed by atoms with van der Waals surface area (Å²) in [6.45, 7) is -0.490. The molecule has 0 aliphatic carbocycles. The van der Waals surface area contributed by atoms with E-state index in [0.29, 0.717) is 5.75 Å². The summed E-state index contributed by atoms with van der Waals surface area (Å²) in [5.41, 5.74) is 5.51. The Kier molecular flexibility index (Phi) is 8.40. The van der Waals surface area contributed by atoms with Crippen LogP contribution in [-0.4, -0.2) is 41.2 Å². The number of nitrogens with zero attached hydrogens (tertiary/aromatic N) is 3. The second kappa shape index (κ2) is 12.1. The van der Waals surface area contributed by atoms with Crippen LogP contribution in [0.25, 0.3) is 0 Å². The molecule has 0 saturated heterocycles. The predicted molar refractivity (Wildman–Crippen MR) is 151 cm³/mol. The number of carbonyl (C=O) groups is 1. The van der Waals surface area contributed by atoms with E-state index in [2.05, 4.69) is 15.4 Å². The first-order valence-electron chi connectivity index (χ1n) is 11.8. The van der Waals surface area contributed by atoms with E-state index < -0.39 is 22.5 Å². The quantitative estimate of drug-likeness (QED) is 0.236. The van der Waals surface area contributed by atoms with Crippen molar-refractivity contribution >= 4 is 39.2 Å². The van der Waals surface area contributed by atoms with Gasteiger partial charge in [-0.05, 0) is 54.1 Å². The number of methoxy groups -OCH3 is 1. The van der Waals surface area contributed by atoms with Crippen LogP contribution in [0.15, 0.2) is 119 Å². The van der Waals surface area contributed by atoms with Crippen molar-refractivity contribution in [2.45, 2.75) is 4.90 Å². The first-order chi connectivity index (χ1) is 18.4. The first kappa shape index (κ1) is 26.4. The highest BCUT2D eigenvalue weighted by molar-refractivity contribution is 7.92. The van der Waals surface area contributed by atoms with E-state index in [1.54, 1.807) is 42.5 Å². The predicted octanol–water partition coefficient (Wildman–Crippen LogP) is 4.81. The van der Waals surface area contributed by atoms with Crippen LogP contribution >= 0.6 is 0 Å². The van der Waals surface area contributed by atoms with E-state index >= 15 is 0 Å². The van der Waals surface area contributed by atoms with Crippen LogP contribution in [0.5, 0.6) is 5.75 Å². The molecule has 0 heterocycles. The monoisotopic (exact) mass is 528 g/mol.